The Hall–Kier alpha value is -1.02. The fourth-order valence-corrected chi connectivity index (χ4v) is 0.860. The molecule has 0 radical (unpaired) electrons. The molecule has 0 amide bonds. The van der Waals surface area contributed by atoms with Gasteiger partial charge in [0.2, 0.25) is 0 Å². The first kappa shape index (κ1) is 12.1. The Bertz CT molecular complexity index is 228. The average Bonchev–Trinajstić information content (AvgIpc) is 2.32. The zero-order valence-electron chi connectivity index (χ0n) is 9.07. The number of ether oxygens (including phenoxy) is 2. The van der Waals surface area contributed by atoms with Crippen LogP contribution >= 0.6 is 0 Å². The predicted molar refractivity (Wildman–Crippen MR) is 46.9 cm³/mol. The molecular weight excluding hydrogens is 208 g/mol. The Morgan fingerprint density at radius 3 is 2.40 bits per heavy atom. The highest BCUT2D eigenvalue weighted by atomic mass is 16.5. The second-order valence-corrected chi connectivity index (χ2v) is 2.72. The molecule has 0 fully saturated rings. The first-order valence-electron chi connectivity index (χ1n) is 4.68. The minimum absolute atomic E-state index is 0.159. The molecule has 0 rings (SSSR count). The molecule has 0 spiro atoms. The van der Waals surface area contributed by atoms with E-state index in [0.29, 0.717) is 0 Å². The summed E-state index contributed by atoms with van der Waals surface area (Å²) in [6.07, 6.45) is -7.08. The van der Waals surface area contributed by atoms with E-state index in [1.165, 1.54) is 0 Å². The van der Waals surface area contributed by atoms with Gasteiger partial charge in [-0.2, -0.15) is 0 Å². The molecule has 15 heavy (non-hydrogen) atoms. The van der Waals surface area contributed by atoms with Gasteiger partial charge in [0, 0.05) is 7.09 Å². The molecule has 0 heterocycles. The van der Waals surface area contributed by atoms with Crippen LogP contribution in [0.3, 0.4) is 0 Å². The average molecular weight is 223 g/mol. The van der Waals surface area contributed by atoms with E-state index in [0.717, 1.165) is 7.11 Å². The normalized spacial score (nSPS) is 19.6. The van der Waals surface area contributed by atoms with Crippen LogP contribution in [0.1, 0.15) is 1.37 Å². The third kappa shape index (κ3) is 3.56. The lowest BCUT2D eigenvalue weighted by Gasteiger charge is -2.24. The summed E-state index contributed by atoms with van der Waals surface area (Å²) in [7, 11) is 0.379. The molecule has 7 heteroatoms. The molecule has 0 aliphatic heterocycles. The van der Waals surface area contributed by atoms with Crippen molar-refractivity contribution in [2.75, 3.05) is 14.2 Å². The zero-order chi connectivity index (χ0) is 12.7. The molecule has 0 aromatic carbocycles. The fraction of sp³-hybridized carbons (Fsp3) is 0.750. The number of hydrogen-bond donors (Lipinski definition) is 3. The Labute approximate surface area is 87.6 Å². The molecule has 4 atom stereocenters. The fourth-order valence-electron chi connectivity index (χ4n) is 0.860. The summed E-state index contributed by atoms with van der Waals surface area (Å²) in [5.41, 5.74) is 0. The van der Waals surface area contributed by atoms with E-state index in [9.17, 15) is 19.8 Å². The van der Waals surface area contributed by atoms with Crippen molar-refractivity contribution in [3.63, 3.8) is 0 Å². The molecule has 3 N–H and O–H groups in total. The van der Waals surface area contributed by atoms with Gasteiger partial charge >= 0.3 is 5.97 Å². The monoisotopic (exact) mass is 223 g/mol. The SMILES string of the molecule is [2H]CO[C@@H](C=O)[C@@H](O)[C@H](O)[C@H](O)C(=O)OC. The van der Waals surface area contributed by atoms with Gasteiger partial charge in [-0.05, 0) is 0 Å². The number of hydrogen-bond acceptors (Lipinski definition) is 7. The topological polar surface area (TPSA) is 113 Å². The summed E-state index contributed by atoms with van der Waals surface area (Å²) in [4.78, 5) is 21.2. The summed E-state index contributed by atoms with van der Waals surface area (Å²) in [6, 6.07) is 0. The van der Waals surface area contributed by atoms with Crippen molar-refractivity contribution in [1.82, 2.24) is 0 Å². The van der Waals surface area contributed by atoms with Crippen LogP contribution in [0.2, 0.25) is 0 Å². The largest absolute Gasteiger partial charge is 0.467 e. The maximum Gasteiger partial charge on any atom is 0.337 e. The number of methoxy groups -OCH3 is 2. The number of carbonyl (C=O) groups excluding carboxylic acids is 2. The summed E-state index contributed by atoms with van der Waals surface area (Å²) in [5.74, 6) is -1.15. The molecule has 0 aliphatic rings. The zero-order valence-corrected chi connectivity index (χ0v) is 8.07. The summed E-state index contributed by atoms with van der Waals surface area (Å²) in [5, 5.41) is 27.8. The van der Waals surface area contributed by atoms with Crippen LogP contribution in [0.25, 0.3) is 0 Å². The van der Waals surface area contributed by atoms with Crippen LogP contribution in [0.5, 0.6) is 0 Å². The Morgan fingerprint density at radius 2 is 2.00 bits per heavy atom. The smallest absolute Gasteiger partial charge is 0.337 e. The number of rotatable bonds is 6. The third-order valence-corrected chi connectivity index (χ3v) is 1.78. The highest BCUT2D eigenvalue weighted by Gasteiger charge is 2.35. The highest BCUT2D eigenvalue weighted by molar-refractivity contribution is 5.75. The van der Waals surface area contributed by atoms with Crippen molar-refractivity contribution in [2.45, 2.75) is 24.4 Å². The molecule has 88 valence electrons. The molecule has 0 aliphatic carbocycles. The number of aldehydes is 1. The molecule has 0 saturated heterocycles. The summed E-state index contributed by atoms with van der Waals surface area (Å²) in [6.45, 7) is 0. The van der Waals surface area contributed by atoms with Gasteiger partial charge in [0.15, 0.2) is 12.4 Å². The van der Waals surface area contributed by atoms with Crippen molar-refractivity contribution >= 4 is 12.3 Å². The minimum atomic E-state index is -1.99. The van der Waals surface area contributed by atoms with E-state index in [1.54, 1.807) is 0 Å². The van der Waals surface area contributed by atoms with E-state index in [1.807, 2.05) is 0 Å². The highest BCUT2D eigenvalue weighted by Crippen LogP contribution is 2.07. The standard InChI is InChI=1S/C8H14O7/c1-14-4(3-9)5(10)6(11)7(12)8(13)15-2/h3-7,10-12H,1-2H3/t4-,5+,6-,7-/m0/s1/i1D. The van der Waals surface area contributed by atoms with E-state index >= 15 is 0 Å². The van der Waals surface area contributed by atoms with E-state index in [4.69, 9.17) is 6.48 Å². The van der Waals surface area contributed by atoms with E-state index in [2.05, 4.69) is 9.47 Å². The van der Waals surface area contributed by atoms with Gasteiger partial charge in [0.25, 0.3) is 0 Å². The molecule has 0 aromatic heterocycles. The minimum Gasteiger partial charge on any atom is -0.467 e. The van der Waals surface area contributed by atoms with Gasteiger partial charge in [0.05, 0.1) is 8.48 Å². The predicted octanol–water partition coefficient (Wildman–Crippen LogP) is -2.54. The first-order valence-corrected chi connectivity index (χ1v) is 3.97. The van der Waals surface area contributed by atoms with Crippen LogP contribution < -0.4 is 0 Å². The molecule has 0 bridgehead atoms. The van der Waals surface area contributed by atoms with Gasteiger partial charge in [-0.3, -0.25) is 0 Å². The lowest BCUT2D eigenvalue weighted by Crippen LogP contribution is -2.49. The summed E-state index contributed by atoms with van der Waals surface area (Å²) < 4.78 is 15.3. The Kier molecular flexibility index (Phi) is 5.19. The quantitative estimate of drug-likeness (QED) is 0.335. The maximum absolute atomic E-state index is 10.8. The van der Waals surface area contributed by atoms with Crippen LogP contribution in [0.15, 0.2) is 0 Å². The van der Waals surface area contributed by atoms with Crippen molar-refractivity contribution in [3.05, 3.63) is 0 Å². The van der Waals surface area contributed by atoms with Crippen molar-refractivity contribution < 1.29 is 35.8 Å². The number of aliphatic hydroxyl groups excluding tert-OH is 3. The maximum atomic E-state index is 10.8. The van der Waals surface area contributed by atoms with Crippen molar-refractivity contribution in [3.8, 4) is 0 Å². The van der Waals surface area contributed by atoms with E-state index < -0.39 is 37.5 Å². The van der Waals surface area contributed by atoms with Crippen LogP contribution in [0, 0.1) is 0 Å². The van der Waals surface area contributed by atoms with Gasteiger partial charge < -0.3 is 29.6 Å². The second kappa shape index (κ2) is 6.46. The van der Waals surface area contributed by atoms with E-state index in [-0.39, 0.29) is 6.29 Å². The first-order chi connectivity index (χ1) is 7.49. The lowest BCUT2D eigenvalue weighted by molar-refractivity contribution is -0.168. The Morgan fingerprint density at radius 1 is 1.40 bits per heavy atom. The van der Waals surface area contributed by atoms with Crippen LogP contribution in [0.4, 0.5) is 0 Å². The van der Waals surface area contributed by atoms with Gasteiger partial charge in [0.1, 0.15) is 18.3 Å². The van der Waals surface area contributed by atoms with Gasteiger partial charge in [-0.25, -0.2) is 4.79 Å². The van der Waals surface area contributed by atoms with Gasteiger partial charge in [-0.15, -0.1) is 0 Å². The van der Waals surface area contributed by atoms with Crippen molar-refractivity contribution in [2.24, 2.45) is 0 Å². The molecule has 0 unspecified atom stereocenters. The molecular formula is C8H14O7. The van der Waals surface area contributed by atoms with Crippen LogP contribution in [-0.4, -0.2) is 66.2 Å². The molecule has 0 saturated carbocycles. The molecule has 0 aromatic rings. The second-order valence-electron chi connectivity index (χ2n) is 2.72. The third-order valence-electron chi connectivity index (χ3n) is 1.78. The molecule has 7 nitrogen and oxygen atoms in total. The number of aliphatic hydroxyl groups is 3. The lowest BCUT2D eigenvalue weighted by atomic mass is 10.0. The van der Waals surface area contributed by atoms with Crippen LogP contribution in [-0.2, 0) is 19.1 Å². The number of esters is 1. The summed E-state index contributed by atoms with van der Waals surface area (Å²) >= 11 is 0. The number of carbonyl (C=O) groups is 2. The Balaban J connectivity index is 4.50. The van der Waals surface area contributed by atoms with Crippen molar-refractivity contribution in [1.29, 1.82) is 0 Å². The van der Waals surface area contributed by atoms with Gasteiger partial charge in [-0.1, -0.05) is 0 Å².